The second-order valence-electron chi connectivity index (χ2n) is 11.0. The van der Waals surface area contributed by atoms with Gasteiger partial charge in [-0.15, -0.1) is 0 Å². The van der Waals surface area contributed by atoms with E-state index in [9.17, 15) is 29.7 Å². The number of phenols is 3. The zero-order chi connectivity index (χ0) is 32.4. The standard InChI is InChI=1S/C19H21N5O2.C15H10O5/c1-22-9-11-23(12-10-22)13-17(25)24-16-7-3-2-5-14(16)19(26)21-15-6-4-8-20-18(15)24;16-9-3-1-8(2-4-9)11-7-20-13-6-10(17)5-12(18)14(13)15(11)19/h2-8H,9-13H2,1H3,(H,21,26);1-7,16-18H. The molecule has 2 aromatic heterocycles. The summed E-state index contributed by atoms with van der Waals surface area (Å²) >= 11 is 0. The molecule has 0 atom stereocenters. The average molecular weight is 622 g/mol. The lowest BCUT2D eigenvalue weighted by Crippen LogP contribution is -2.48. The number of hydrogen-bond acceptors (Lipinski definition) is 10. The zero-order valence-electron chi connectivity index (χ0n) is 24.9. The van der Waals surface area contributed by atoms with E-state index < -0.39 is 5.43 Å². The third kappa shape index (κ3) is 6.11. The number of aromatic hydroxyl groups is 3. The molecule has 0 bridgehead atoms. The molecule has 1 fully saturated rings. The SMILES string of the molecule is CN1CCN(CC(=O)N2c3ccccc3C(=O)Nc3cccnc32)CC1.O=c1c(-c2ccc(O)cc2)coc2cc(O)cc(O)c12. The van der Waals surface area contributed by atoms with E-state index in [0.717, 1.165) is 32.2 Å². The van der Waals surface area contributed by atoms with Gasteiger partial charge in [-0.05, 0) is 49.0 Å². The normalized spacial score (nSPS) is 14.8. The number of likely N-dealkylation sites (N-methyl/N-ethyl adjacent to an activating group) is 1. The van der Waals surface area contributed by atoms with Gasteiger partial charge in [0.15, 0.2) is 5.82 Å². The number of carbonyl (C=O) groups excluding carboxylic acids is 2. The summed E-state index contributed by atoms with van der Waals surface area (Å²) in [5, 5.41) is 31.3. The van der Waals surface area contributed by atoms with E-state index in [0.29, 0.717) is 34.9 Å². The molecule has 3 aromatic carbocycles. The Morgan fingerprint density at radius 3 is 2.39 bits per heavy atom. The number of piperazine rings is 1. The minimum absolute atomic E-state index is 0.00775. The van der Waals surface area contributed by atoms with Crippen LogP contribution in [-0.2, 0) is 4.79 Å². The summed E-state index contributed by atoms with van der Waals surface area (Å²) in [6.07, 6.45) is 2.89. The van der Waals surface area contributed by atoms with Gasteiger partial charge >= 0.3 is 0 Å². The molecule has 4 N–H and O–H groups in total. The van der Waals surface area contributed by atoms with Crippen LogP contribution < -0.4 is 15.6 Å². The smallest absolute Gasteiger partial charge is 0.257 e. The number of nitrogens with one attached hydrogen (secondary N) is 1. The highest BCUT2D eigenvalue weighted by Gasteiger charge is 2.31. The van der Waals surface area contributed by atoms with E-state index in [4.69, 9.17) is 4.42 Å². The third-order valence-electron chi connectivity index (χ3n) is 7.86. The predicted octanol–water partition coefficient (Wildman–Crippen LogP) is 4.14. The number of amides is 2. The van der Waals surface area contributed by atoms with Crippen LogP contribution in [0, 0.1) is 0 Å². The Hall–Kier alpha value is -5.72. The molecule has 0 saturated carbocycles. The Morgan fingerprint density at radius 1 is 0.891 bits per heavy atom. The summed E-state index contributed by atoms with van der Waals surface area (Å²) < 4.78 is 5.29. The summed E-state index contributed by atoms with van der Waals surface area (Å²) in [5.41, 5.74) is 2.10. The quantitative estimate of drug-likeness (QED) is 0.231. The highest BCUT2D eigenvalue weighted by Crippen LogP contribution is 2.36. The fourth-order valence-corrected chi connectivity index (χ4v) is 5.42. The number of anilines is 3. The van der Waals surface area contributed by atoms with Gasteiger partial charge in [0, 0.05) is 44.5 Å². The lowest BCUT2D eigenvalue weighted by molar-refractivity contribution is -0.119. The van der Waals surface area contributed by atoms with Crippen LogP contribution in [0.4, 0.5) is 17.2 Å². The number of fused-ring (bicyclic) bond motifs is 3. The predicted molar refractivity (Wildman–Crippen MR) is 173 cm³/mol. The van der Waals surface area contributed by atoms with Crippen LogP contribution in [0.25, 0.3) is 22.1 Å². The Morgan fingerprint density at radius 2 is 1.63 bits per heavy atom. The molecule has 7 rings (SSSR count). The number of para-hydroxylation sites is 1. The number of pyridine rings is 1. The van der Waals surface area contributed by atoms with Crippen LogP contribution in [0.2, 0.25) is 0 Å². The van der Waals surface area contributed by atoms with Crippen molar-refractivity contribution in [2.45, 2.75) is 0 Å². The summed E-state index contributed by atoms with van der Waals surface area (Å²) in [5.74, 6) is -0.287. The van der Waals surface area contributed by atoms with E-state index in [1.54, 1.807) is 53.6 Å². The van der Waals surface area contributed by atoms with Gasteiger partial charge < -0.3 is 30.0 Å². The minimum atomic E-state index is -0.408. The van der Waals surface area contributed by atoms with Crippen LogP contribution in [0.5, 0.6) is 17.2 Å². The number of aromatic nitrogens is 1. The van der Waals surface area contributed by atoms with Crippen LogP contribution in [0.1, 0.15) is 10.4 Å². The molecule has 0 radical (unpaired) electrons. The number of carbonyl (C=O) groups is 2. The highest BCUT2D eigenvalue weighted by molar-refractivity contribution is 6.17. The third-order valence-corrected chi connectivity index (χ3v) is 7.86. The van der Waals surface area contributed by atoms with Crippen molar-refractivity contribution < 1.29 is 29.3 Å². The Labute approximate surface area is 263 Å². The molecule has 12 nitrogen and oxygen atoms in total. The van der Waals surface area contributed by atoms with E-state index >= 15 is 0 Å². The Kier molecular flexibility index (Phi) is 8.38. The molecule has 1 saturated heterocycles. The van der Waals surface area contributed by atoms with Crippen molar-refractivity contribution in [2.75, 3.05) is 50.0 Å². The molecule has 5 aromatic rings. The van der Waals surface area contributed by atoms with E-state index in [-0.39, 0.29) is 45.6 Å². The molecular formula is C34H31N5O7. The fraction of sp³-hybridized carbons (Fsp3) is 0.176. The van der Waals surface area contributed by atoms with Crippen molar-refractivity contribution in [1.29, 1.82) is 0 Å². The van der Waals surface area contributed by atoms with Crippen LogP contribution in [0.3, 0.4) is 0 Å². The zero-order valence-corrected chi connectivity index (χ0v) is 24.9. The van der Waals surface area contributed by atoms with Gasteiger partial charge in [-0.25, -0.2) is 4.98 Å². The molecule has 46 heavy (non-hydrogen) atoms. The first-order chi connectivity index (χ1) is 22.2. The number of hydrogen-bond donors (Lipinski definition) is 4. The molecule has 0 aliphatic carbocycles. The maximum absolute atomic E-state index is 13.2. The summed E-state index contributed by atoms with van der Waals surface area (Å²) in [4.78, 5) is 48.5. The highest BCUT2D eigenvalue weighted by atomic mass is 16.3. The number of phenolic OH excluding ortho intramolecular Hbond substituents is 3. The Bertz CT molecular complexity index is 1990. The van der Waals surface area contributed by atoms with Gasteiger partial charge in [0.1, 0.15) is 34.5 Å². The van der Waals surface area contributed by atoms with Crippen molar-refractivity contribution >= 4 is 40.0 Å². The van der Waals surface area contributed by atoms with Gasteiger partial charge in [-0.1, -0.05) is 24.3 Å². The number of nitrogens with zero attached hydrogens (tertiary/aromatic N) is 4. The summed E-state index contributed by atoms with van der Waals surface area (Å²) in [6.45, 7) is 3.89. The van der Waals surface area contributed by atoms with Crippen LogP contribution >= 0.6 is 0 Å². The number of benzene rings is 3. The first-order valence-corrected chi connectivity index (χ1v) is 14.6. The number of rotatable bonds is 3. The van der Waals surface area contributed by atoms with Crippen molar-refractivity contribution in [1.82, 2.24) is 14.8 Å². The first kappa shape index (κ1) is 30.3. The van der Waals surface area contributed by atoms with Crippen LogP contribution in [-0.4, -0.2) is 81.7 Å². The molecule has 4 heterocycles. The first-order valence-electron chi connectivity index (χ1n) is 14.6. The molecule has 0 unspecified atom stereocenters. The molecule has 12 heteroatoms. The van der Waals surface area contributed by atoms with E-state index in [1.165, 1.54) is 24.5 Å². The molecule has 2 amide bonds. The Balaban J connectivity index is 0.000000167. The minimum Gasteiger partial charge on any atom is -0.508 e. The topological polar surface area (TPSA) is 160 Å². The van der Waals surface area contributed by atoms with Crippen molar-refractivity contribution in [2.24, 2.45) is 0 Å². The van der Waals surface area contributed by atoms with Gasteiger partial charge in [-0.3, -0.25) is 24.2 Å². The van der Waals surface area contributed by atoms with Crippen molar-refractivity contribution in [3.63, 3.8) is 0 Å². The van der Waals surface area contributed by atoms with Gasteiger partial charge in [0.05, 0.1) is 29.0 Å². The fourth-order valence-electron chi connectivity index (χ4n) is 5.42. The van der Waals surface area contributed by atoms with Crippen molar-refractivity contribution in [3.8, 4) is 28.4 Å². The average Bonchev–Trinajstić information content (AvgIpc) is 3.16. The second-order valence-corrected chi connectivity index (χ2v) is 11.0. The molecular weight excluding hydrogens is 590 g/mol. The maximum atomic E-state index is 13.2. The molecule has 2 aliphatic rings. The largest absolute Gasteiger partial charge is 0.508 e. The van der Waals surface area contributed by atoms with Gasteiger partial charge in [0.25, 0.3) is 5.91 Å². The maximum Gasteiger partial charge on any atom is 0.257 e. The van der Waals surface area contributed by atoms with Crippen molar-refractivity contribution in [3.05, 3.63) is 101 Å². The lowest BCUT2D eigenvalue weighted by atomic mass is 10.0. The van der Waals surface area contributed by atoms with Crippen LogP contribution in [0.15, 0.2) is 94.5 Å². The van der Waals surface area contributed by atoms with E-state index in [2.05, 4.69) is 27.1 Å². The van der Waals surface area contributed by atoms with Gasteiger partial charge in [0.2, 0.25) is 11.3 Å². The summed E-state index contributed by atoms with van der Waals surface area (Å²) in [6, 6.07) is 19.1. The summed E-state index contributed by atoms with van der Waals surface area (Å²) in [7, 11) is 2.08. The lowest BCUT2D eigenvalue weighted by Gasteiger charge is -2.33. The molecule has 234 valence electrons. The second kappa shape index (κ2) is 12.7. The monoisotopic (exact) mass is 621 g/mol. The van der Waals surface area contributed by atoms with E-state index in [1.807, 2.05) is 6.07 Å². The van der Waals surface area contributed by atoms with Gasteiger partial charge in [-0.2, -0.15) is 0 Å². The molecule has 2 aliphatic heterocycles. The molecule has 0 spiro atoms.